The molecular formula is C15H22N2OS. The maximum Gasteiger partial charge on any atom is 0.226 e. The first-order valence-electron chi connectivity index (χ1n) is 7.36. The van der Waals surface area contributed by atoms with Gasteiger partial charge in [-0.3, -0.25) is 9.69 Å². The van der Waals surface area contributed by atoms with Crippen LogP contribution in [0.3, 0.4) is 0 Å². The van der Waals surface area contributed by atoms with Crippen molar-refractivity contribution >= 4 is 17.2 Å². The lowest BCUT2D eigenvalue weighted by Gasteiger charge is -2.33. The van der Waals surface area contributed by atoms with Crippen LogP contribution < -0.4 is 0 Å². The molecule has 0 bridgehead atoms. The van der Waals surface area contributed by atoms with Gasteiger partial charge in [-0.25, -0.2) is 0 Å². The molecule has 0 unspecified atom stereocenters. The van der Waals surface area contributed by atoms with E-state index in [4.69, 9.17) is 0 Å². The largest absolute Gasteiger partial charge is 0.342 e. The average molecular weight is 278 g/mol. The van der Waals surface area contributed by atoms with Crippen LogP contribution in [0.2, 0.25) is 0 Å². The Balaban J connectivity index is 1.56. The van der Waals surface area contributed by atoms with Gasteiger partial charge in [0.2, 0.25) is 5.91 Å². The number of hydrogen-bond acceptors (Lipinski definition) is 3. The van der Waals surface area contributed by atoms with Crippen molar-refractivity contribution in [3.8, 4) is 0 Å². The Morgan fingerprint density at radius 2 is 2.11 bits per heavy atom. The Bertz CT molecular complexity index is 412. The second kappa shape index (κ2) is 6.06. The van der Waals surface area contributed by atoms with Crippen molar-refractivity contribution in [2.75, 3.05) is 26.2 Å². The number of thiophene rings is 1. The van der Waals surface area contributed by atoms with Crippen LogP contribution in [-0.2, 0) is 11.3 Å². The number of likely N-dealkylation sites (tertiary alicyclic amines) is 2. The second-order valence-corrected chi connectivity index (χ2v) is 6.72. The van der Waals surface area contributed by atoms with Crippen molar-refractivity contribution in [2.24, 2.45) is 5.92 Å². The molecule has 1 amide bonds. The fraction of sp³-hybridized carbons (Fsp3) is 0.667. The Hall–Kier alpha value is -0.870. The molecule has 1 aromatic heterocycles. The van der Waals surface area contributed by atoms with Crippen molar-refractivity contribution in [1.82, 2.24) is 9.80 Å². The quantitative estimate of drug-likeness (QED) is 0.848. The van der Waals surface area contributed by atoms with Gasteiger partial charge in [-0.15, -0.1) is 11.3 Å². The maximum absolute atomic E-state index is 12.5. The highest BCUT2D eigenvalue weighted by Crippen LogP contribution is 2.23. The van der Waals surface area contributed by atoms with Crippen LogP contribution in [0.4, 0.5) is 0 Å². The number of carbonyl (C=O) groups excluding carboxylic acids is 1. The van der Waals surface area contributed by atoms with Gasteiger partial charge in [0, 0.05) is 31.1 Å². The summed E-state index contributed by atoms with van der Waals surface area (Å²) in [5.41, 5.74) is 0. The first-order valence-corrected chi connectivity index (χ1v) is 8.24. The lowest BCUT2D eigenvalue weighted by molar-refractivity contribution is -0.136. The summed E-state index contributed by atoms with van der Waals surface area (Å²) >= 11 is 1.81. The van der Waals surface area contributed by atoms with E-state index < -0.39 is 0 Å². The fourth-order valence-electron chi connectivity index (χ4n) is 3.22. The topological polar surface area (TPSA) is 23.6 Å². The minimum atomic E-state index is 0.242. The Morgan fingerprint density at radius 3 is 2.84 bits per heavy atom. The van der Waals surface area contributed by atoms with Crippen LogP contribution in [0, 0.1) is 5.92 Å². The van der Waals surface area contributed by atoms with Gasteiger partial charge in [-0.2, -0.15) is 0 Å². The summed E-state index contributed by atoms with van der Waals surface area (Å²) in [5, 5.41) is 2.13. The van der Waals surface area contributed by atoms with E-state index in [1.165, 1.54) is 17.7 Å². The van der Waals surface area contributed by atoms with Gasteiger partial charge in [-0.05, 0) is 43.7 Å². The summed E-state index contributed by atoms with van der Waals surface area (Å²) in [6.45, 7) is 5.08. The number of carbonyl (C=O) groups is 1. The molecule has 0 aromatic carbocycles. The number of nitrogens with zero attached hydrogens (tertiary/aromatic N) is 2. The summed E-state index contributed by atoms with van der Waals surface area (Å²) in [7, 11) is 0. The summed E-state index contributed by atoms with van der Waals surface area (Å²) < 4.78 is 0. The van der Waals surface area contributed by atoms with E-state index >= 15 is 0 Å². The predicted molar refractivity (Wildman–Crippen MR) is 78.1 cm³/mol. The van der Waals surface area contributed by atoms with E-state index in [1.54, 1.807) is 0 Å². The molecule has 1 atom stereocenters. The van der Waals surface area contributed by atoms with Crippen molar-refractivity contribution in [3.05, 3.63) is 22.4 Å². The Labute approximate surface area is 119 Å². The van der Waals surface area contributed by atoms with Gasteiger partial charge in [0.05, 0.1) is 5.92 Å². The maximum atomic E-state index is 12.5. The molecule has 19 heavy (non-hydrogen) atoms. The van der Waals surface area contributed by atoms with Gasteiger partial charge in [0.15, 0.2) is 0 Å². The molecule has 0 saturated carbocycles. The average Bonchev–Trinajstić information content (AvgIpc) is 3.11. The van der Waals surface area contributed by atoms with Crippen LogP contribution in [0.5, 0.6) is 0 Å². The van der Waals surface area contributed by atoms with Gasteiger partial charge in [0.25, 0.3) is 0 Å². The Kier molecular flexibility index (Phi) is 4.18. The molecule has 2 fully saturated rings. The molecule has 1 aromatic rings. The lowest BCUT2D eigenvalue weighted by atomic mass is 9.96. The zero-order valence-corrected chi connectivity index (χ0v) is 12.2. The molecule has 0 N–H and O–H groups in total. The van der Waals surface area contributed by atoms with Crippen molar-refractivity contribution in [2.45, 2.75) is 32.2 Å². The highest BCUT2D eigenvalue weighted by Gasteiger charge is 2.30. The zero-order valence-electron chi connectivity index (χ0n) is 11.4. The molecule has 3 heterocycles. The molecule has 104 valence electrons. The van der Waals surface area contributed by atoms with Crippen LogP contribution in [0.25, 0.3) is 0 Å². The summed E-state index contributed by atoms with van der Waals surface area (Å²) in [6, 6.07) is 4.30. The monoisotopic (exact) mass is 278 g/mol. The summed E-state index contributed by atoms with van der Waals surface area (Å²) in [5.74, 6) is 0.653. The minimum absolute atomic E-state index is 0.242. The number of rotatable bonds is 3. The molecule has 3 rings (SSSR count). The fourth-order valence-corrected chi connectivity index (χ4v) is 3.97. The molecule has 0 aliphatic carbocycles. The predicted octanol–water partition coefficient (Wildman–Crippen LogP) is 2.58. The Morgan fingerprint density at radius 1 is 1.26 bits per heavy atom. The third-order valence-corrected chi connectivity index (χ3v) is 5.09. The highest BCUT2D eigenvalue weighted by molar-refractivity contribution is 7.09. The van der Waals surface area contributed by atoms with Crippen LogP contribution in [0.15, 0.2) is 17.5 Å². The smallest absolute Gasteiger partial charge is 0.226 e. The molecule has 3 nitrogen and oxygen atoms in total. The number of piperidine rings is 1. The minimum Gasteiger partial charge on any atom is -0.342 e. The van der Waals surface area contributed by atoms with E-state index in [-0.39, 0.29) is 5.92 Å². The molecule has 4 heteroatoms. The van der Waals surface area contributed by atoms with E-state index in [1.807, 2.05) is 11.3 Å². The standard InChI is InChI=1S/C15H22N2OS/c18-15(17-8-1-2-9-17)13-5-3-7-16(11-13)12-14-6-4-10-19-14/h4,6,10,13H,1-3,5,7-9,11-12H2/t13-/m1/s1. The highest BCUT2D eigenvalue weighted by atomic mass is 32.1. The molecule has 0 radical (unpaired) electrons. The van der Waals surface area contributed by atoms with E-state index in [2.05, 4.69) is 27.3 Å². The van der Waals surface area contributed by atoms with Crippen molar-refractivity contribution < 1.29 is 4.79 Å². The van der Waals surface area contributed by atoms with Crippen LogP contribution in [0.1, 0.15) is 30.6 Å². The van der Waals surface area contributed by atoms with Crippen LogP contribution >= 0.6 is 11.3 Å². The molecule has 2 saturated heterocycles. The molecular weight excluding hydrogens is 256 g/mol. The zero-order chi connectivity index (χ0) is 13.1. The van der Waals surface area contributed by atoms with Gasteiger partial charge in [0.1, 0.15) is 0 Å². The van der Waals surface area contributed by atoms with Crippen molar-refractivity contribution in [1.29, 1.82) is 0 Å². The number of amides is 1. The lowest BCUT2D eigenvalue weighted by Crippen LogP contribution is -2.43. The normalized spacial score (nSPS) is 24.8. The van der Waals surface area contributed by atoms with E-state index in [0.29, 0.717) is 5.91 Å². The molecule has 2 aliphatic rings. The first kappa shape index (κ1) is 13.1. The van der Waals surface area contributed by atoms with Crippen molar-refractivity contribution in [3.63, 3.8) is 0 Å². The van der Waals surface area contributed by atoms with Crippen LogP contribution in [-0.4, -0.2) is 41.9 Å². The summed E-state index contributed by atoms with van der Waals surface area (Å²) in [6.07, 6.45) is 4.63. The second-order valence-electron chi connectivity index (χ2n) is 5.69. The number of hydrogen-bond donors (Lipinski definition) is 0. The molecule has 2 aliphatic heterocycles. The van der Waals surface area contributed by atoms with Gasteiger partial charge < -0.3 is 4.90 Å². The third kappa shape index (κ3) is 3.18. The summed E-state index contributed by atoms with van der Waals surface area (Å²) in [4.78, 5) is 18.4. The van der Waals surface area contributed by atoms with E-state index in [9.17, 15) is 4.79 Å². The molecule has 0 spiro atoms. The SMILES string of the molecule is O=C([C@@H]1CCCN(Cc2cccs2)C1)N1CCCC1. The third-order valence-electron chi connectivity index (χ3n) is 4.23. The van der Waals surface area contributed by atoms with Gasteiger partial charge in [-0.1, -0.05) is 6.07 Å². The first-order chi connectivity index (χ1) is 9.33. The van der Waals surface area contributed by atoms with E-state index in [0.717, 1.165) is 45.6 Å². The van der Waals surface area contributed by atoms with Gasteiger partial charge >= 0.3 is 0 Å².